The van der Waals surface area contributed by atoms with E-state index in [1.807, 2.05) is 6.92 Å². The third-order valence-electron chi connectivity index (χ3n) is 1.24. The molecule has 2 heteroatoms. The maximum atomic E-state index is 8.42. The van der Waals surface area contributed by atoms with Crippen LogP contribution in [0.1, 0.15) is 19.8 Å². The average Bonchev–Trinajstić information content (AvgIpc) is 1.83. The normalized spacial score (nSPS) is 13.9. The molecule has 0 aromatic rings. The fourth-order valence-corrected chi connectivity index (χ4v) is 0.550. The first-order valence-electron chi connectivity index (χ1n) is 2.93. The third kappa shape index (κ3) is 2.99. The average molecular weight is 117 g/mol. The van der Waals surface area contributed by atoms with Gasteiger partial charge in [-0.25, -0.2) is 0 Å². The summed E-state index contributed by atoms with van der Waals surface area (Å²) in [7, 11) is 0. The van der Waals surface area contributed by atoms with Crippen molar-refractivity contribution in [1.29, 1.82) is 0 Å². The highest BCUT2D eigenvalue weighted by atomic mass is 16.3. The zero-order valence-electron chi connectivity index (χ0n) is 5.17. The van der Waals surface area contributed by atoms with Gasteiger partial charge in [-0.15, -0.1) is 0 Å². The van der Waals surface area contributed by atoms with Gasteiger partial charge in [-0.3, -0.25) is 0 Å². The Morgan fingerprint density at radius 3 is 2.38 bits per heavy atom. The van der Waals surface area contributed by atoms with Crippen molar-refractivity contribution in [2.45, 2.75) is 19.8 Å². The summed E-state index contributed by atoms with van der Waals surface area (Å²) in [6, 6.07) is 0. The molecule has 0 aromatic heterocycles. The van der Waals surface area contributed by atoms with Crippen LogP contribution >= 0.6 is 0 Å². The Hall–Kier alpha value is -0.0800. The Bertz CT molecular complexity index is 41.8. The molecular formula is C6H13O2. The Balaban J connectivity index is 3.07. The molecule has 1 atom stereocenters. The molecule has 0 amide bonds. The van der Waals surface area contributed by atoms with E-state index in [9.17, 15) is 0 Å². The van der Waals surface area contributed by atoms with Gasteiger partial charge >= 0.3 is 0 Å². The largest absolute Gasteiger partial charge is 0.396 e. The van der Waals surface area contributed by atoms with Gasteiger partial charge in [0.05, 0.1) is 6.61 Å². The van der Waals surface area contributed by atoms with Crippen molar-refractivity contribution >= 4 is 0 Å². The van der Waals surface area contributed by atoms with E-state index >= 15 is 0 Å². The zero-order chi connectivity index (χ0) is 6.41. The molecule has 2 nitrogen and oxygen atoms in total. The molecule has 0 aliphatic heterocycles. The van der Waals surface area contributed by atoms with Crippen molar-refractivity contribution in [3.05, 3.63) is 6.61 Å². The lowest BCUT2D eigenvalue weighted by atomic mass is 10.1. The van der Waals surface area contributed by atoms with Crippen molar-refractivity contribution in [1.82, 2.24) is 0 Å². The predicted octanol–water partition coefficient (Wildman–Crippen LogP) is 0.929. The monoisotopic (exact) mass is 117 g/mol. The second kappa shape index (κ2) is 5.06. The van der Waals surface area contributed by atoms with Gasteiger partial charge in [0, 0.05) is 6.61 Å². The second-order valence-electron chi connectivity index (χ2n) is 1.83. The van der Waals surface area contributed by atoms with Crippen LogP contribution in [0.2, 0.25) is 0 Å². The molecule has 0 saturated heterocycles. The number of hydrogen-bond donors (Lipinski definition) is 2. The molecule has 0 bridgehead atoms. The van der Waals surface area contributed by atoms with Gasteiger partial charge in [0.15, 0.2) is 0 Å². The number of rotatable bonds is 4. The molecule has 49 valence electrons. The Morgan fingerprint density at radius 1 is 1.62 bits per heavy atom. The van der Waals surface area contributed by atoms with E-state index in [0.717, 1.165) is 13.0 Å². The molecule has 0 aromatic carbocycles. The summed E-state index contributed by atoms with van der Waals surface area (Å²) in [6.07, 6.45) is 1.57. The summed E-state index contributed by atoms with van der Waals surface area (Å²) < 4.78 is 0. The van der Waals surface area contributed by atoms with Crippen LogP contribution in [0.5, 0.6) is 0 Å². The molecule has 2 N–H and O–H groups in total. The van der Waals surface area contributed by atoms with E-state index in [1.165, 1.54) is 0 Å². The van der Waals surface area contributed by atoms with E-state index in [-0.39, 0.29) is 12.5 Å². The van der Waals surface area contributed by atoms with Gasteiger partial charge in [0.2, 0.25) is 0 Å². The summed E-state index contributed by atoms with van der Waals surface area (Å²) >= 11 is 0. The Morgan fingerprint density at radius 2 is 2.25 bits per heavy atom. The number of aliphatic hydroxyl groups excluding tert-OH is 2. The van der Waals surface area contributed by atoms with Gasteiger partial charge in [0.25, 0.3) is 0 Å². The van der Waals surface area contributed by atoms with Gasteiger partial charge < -0.3 is 10.2 Å². The smallest absolute Gasteiger partial charge is 0.0830 e. The Labute approximate surface area is 50.2 Å². The lowest BCUT2D eigenvalue weighted by Gasteiger charge is -2.06. The van der Waals surface area contributed by atoms with E-state index in [2.05, 4.69) is 0 Å². The molecule has 0 heterocycles. The van der Waals surface area contributed by atoms with Crippen molar-refractivity contribution in [3.8, 4) is 0 Å². The highest BCUT2D eigenvalue weighted by Crippen LogP contribution is 2.07. The van der Waals surface area contributed by atoms with E-state index in [4.69, 9.17) is 10.2 Å². The summed E-state index contributed by atoms with van der Waals surface area (Å²) in [5, 5.41) is 16.8. The predicted molar refractivity (Wildman–Crippen MR) is 31.7 cm³/mol. The maximum absolute atomic E-state index is 8.42. The maximum Gasteiger partial charge on any atom is 0.0830 e. The zero-order valence-corrected chi connectivity index (χ0v) is 5.17. The lowest BCUT2D eigenvalue weighted by molar-refractivity contribution is 0.228. The first kappa shape index (κ1) is 7.92. The van der Waals surface area contributed by atoms with E-state index in [0.29, 0.717) is 6.42 Å². The van der Waals surface area contributed by atoms with Gasteiger partial charge in [0.1, 0.15) is 0 Å². The van der Waals surface area contributed by atoms with Crippen LogP contribution in [-0.4, -0.2) is 16.8 Å². The minimum Gasteiger partial charge on any atom is -0.396 e. The molecular weight excluding hydrogens is 104 g/mol. The minimum atomic E-state index is 0.162. The van der Waals surface area contributed by atoms with Crippen LogP contribution < -0.4 is 0 Å². The van der Waals surface area contributed by atoms with Crippen molar-refractivity contribution < 1.29 is 10.2 Å². The molecule has 0 rings (SSSR count). The van der Waals surface area contributed by atoms with Crippen LogP contribution in [0.15, 0.2) is 0 Å². The van der Waals surface area contributed by atoms with Crippen molar-refractivity contribution in [3.63, 3.8) is 0 Å². The molecule has 0 saturated carbocycles. The van der Waals surface area contributed by atoms with Crippen molar-refractivity contribution in [2.24, 2.45) is 5.92 Å². The topological polar surface area (TPSA) is 40.5 Å². The SMILES string of the molecule is CCC([CH]O)CCO. The van der Waals surface area contributed by atoms with Crippen LogP contribution in [0, 0.1) is 12.5 Å². The molecule has 8 heavy (non-hydrogen) atoms. The molecule has 1 radical (unpaired) electrons. The molecule has 0 fully saturated rings. The quantitative estimate of drug-likeness (QED) is 0.575. The second-order valence-corrected chi connectivity index (χ2v) is 1.83. The summed E-state index contributed by atoms with van der Waals surface area (Å²) in [5.41, 5.74) is 0. The summed E-state index contributed by atoms with van der Waals surface area (Å²) in [4.78, 5) is 0. The van der Waals surface area contributed by atoms with Crippen molar-refractivity contribution in [2.75, 3.05) is 6.61 Å². The molecule has 0 aliphatic rings. The van der Waals surface area contributed by atoms with Gasteiger partial charge in [-0.2, -0.15) is 0 Å². The highest BCUT2D eigenvalue weighted by molar-refractivity contribution is 4.62. The van der Waals surface area contributed by atoms with E-state index < -0.39 is 0 Å². The van der Waals surface area contributed by atoms with Gasteiger partial charge in [-0.1, -0.05) is 13.3 Å². The fourth-order valence-electron chi connectivity index (χ4n) is 0.550. The Kier molecular flexibility index (Phi) is 5.01. The fraction of sp³-hybridized carbons (Fsp3) is 0.833. The molecule has 1 unspecified atom stereocenters. The number of aliphatic hydroxyl groups is 2. The van der Waals surface area contributed by atoms with Crippen LogP contribution in [-0.2, 0) is 0 Å². The minimum absolute atomic E-state index is 0.162. The number of hydrogen-bond acceptors (Lipinski definition) is 2. The summed E-state index contributed by atoms with van der Waals surface area (Å²) in [5.74, 6) is 0.181. The molecule has 0 aliphatic carbocycles. The summed E-state index contributed by atoms with van der Waals surface area (Å²) in [6.45, 7) is 3.29. The first-order chi connectivity index (χ1) is 3.85. The highest BCUT2D eigenvalue weighted by Gasteiger charge is 2.01. The van der Waals surface area contributed by atoms with E-state index in [1.54, 1.807) is 0 Å². The lowest BCUT2D eigenvalue weighted by Crippen LogP contribution is -2.01. The van der Waals surface area contributed by atoms with Gasteiger partial charge in [-0.05, 0) is 12.3 Å². The van der Waals surface area contributed by atoms with Crippen LogP contribution in [0.3, 0.4) is 0 Å². The molecule has 0 spiro atoms. The van der Waals surface area contributed by atoms with Crippen LogP contribution in [0.4, 0.5) is 0 Å². The first-order valence-corrected chi connectivity index (χ1v) is 2.93. The standard InChI is InChI=1S/C6H13O2/c1-2-6(5-8)3-4-7/h5-8H,2-4H2,1H3. The third-order valence-corrected chi connectivity index (χ3v) is 1.24. The van der Waals surface area contributed by atoms with Crippen LogP contribution in [0.25, 0.3) is 0 Å².